The fourth-order valence-corrected chi connectivity index (χ4v) is 8.49. The second-order valence-corrected chi connectivity index (χ2v) is 11.5. The summed E-state index contributed by atoms with van der Waals surface area (Å²) in [6.07, 6.45) is 15.5. The monoisotopic (exact) mass is 386 g/mol. The molecule has 0 aromatic heterocycles. The normalized spacial score (nSPS) is 46.2. The van der Waals surface area contributed by atoms with E-state index in [1.807, 2.05) is 0 Å². The van der Waals surface area contributed by atoms with Crippen LogP contribution < -0.4 is 0 Å². The van der Waals surface area contributed by atoms with Crippen LogP contribution in [-0.4, -0.2) is 17.0 Å². The molecule has 0 radical (unpaired) electrons. The van der Waals surface area contributed by atoms with Crippen molar-refractivity contribution in [2.24, 2.45) is 40.4 Å². The number of Topliss-reactive ketones (excluding diaryl/α,β-unsaturated/α-hetero) is 1. The topological polar surface area (TPSA) is 37.3 Å². The first-order valence-electron chi connectivity index (χ1n) is 12.1. The van der Waals surface area contributed by atoms with E-state index in [0.29, 0.717) is 16.6 Å². The van der Waals surface area contributed by atoms with E-state index in [2.05, 4.69) is 26.8 Å². The Morgan fingerprint density at radius 2 is 1.96 bits per heavy atom. The minimum atomic E-state index is -0.101. The molecule has 0 aromatic rings. The average Bonchev–Trinajstić information content (AvgIpc) is 2.99. The molecule has 0 heterocycles. The van der Waals surface area contributed by atoms with Crippen molar-refractivity contribution in [3.63, 3.8) is 0 Å². The number of aliphatic hydroxyl groups is 1. The van der Waals surface area contributed by atoms with E-state index in [1.165, 1.54) is 44.9 Å². The third-order valence-corrected chi connectivity index (χ3v) is 10.0. The predicted octanol–water partition coefficient (Wildman–Crippen LogP) is 6.32. The lowest BCUT2D eigenvalue weighted by atomic mass is 9.47. The van der Waals surface area contributed by atoms with Gasteiger partial charge in [-0.05, 0) is 105 Å². The van der Waals surface area contributed by atoms with Crippen LogP contribution in [0.3, 0.4) is 0 Å². The van der Waals surface area contributed by atoms with Crippen molar-refractivity contribution in [1.29, 1.82) is 0 Å². The molecule has 3 saturated carbocycles. The van der Waals surface area contributed by atoms with E-state index in [4.69, 9.17) is 0 Å². The van der Waals surface area contributed by atoms with Gasteiger partial charge >= 0.3 is 0 Å². The molecular formula is C26H42O2. The molecule has 0 unspecified atom stereocenters. The summed E-state index contributed by atoms with van der Waals surface area (Å²) in [6.45, 7) is 9.35. The lowest BCUT2D eigenvalue weighted by molar-refractivity contribution is -0.117. The average molecular weight is 387 g/mol. The molecule has 2 nitrogen and oxygen atoms in total. The van der Waals surface area contributed by atoms with Crippen molar-refractivity contribution in [3.8, 4) is 0 Å². The number of allylic oxidation sites excluding steroid dienone is 1. The van der Waals surface area contributed by atoms with Crippen LogP contribution >= 0.6 is 0 Å². The molecular weight excluding hydrogens is 344 g/mol. The molecule has 0 aromatic carbocycles. The van der Waals surface area contributed by atoms with Crippen LogP contribution in [0, 0.1) is 40.4 Å². The van der Waals surface area contributed by atoms with Gasteiger partial charge in [0.15, 0.2) is 0 Å². The second-order valence-electron chi connectivity index (χ2n) is 11.5. The summed E-state index contributed by atoms with van der Waals surface area (Å²) in [5.41, 5.74) is 2.45. The van der Waals surface area contributed by atoms with Crippen molar-refractivity contribution >= 4 is 5.78 Å². The van der Waals surface area contributed by atoms with Gasteiger partial charge in [-0.3, -0.25) is 0 Å². The van der Waals surface area contributed by atoms with E-state index < -0.39 is 0 Å². The van der Waals surface area contributed by atoms with Crippen molar-refractivity contribution in [3.05, 3.63) is 11.6 Å². The third kappa shape index (κ3) is 3.32. The van der Waals surface area contributed by atoms with Gasteiger partial charge in [-0.15, -0.1) is 0 Å². The molecule has 28 heavy (non-hydrogen) atoms. The van der Waals surface area contributed by atoms with Crippen LogP contribution in [0.2, 0.25) is 0 Å². The van der Waals surface area contributed by atoms with Gasteiger partial charge in [0.05, 0.1) is 6.10 Å². The molecule has 158 valence electrons. The van der Waals surface area contributed by atoms with Crippen molar-refractivity contribution in [1.82, 2.24) is 0 Å². The highest BCUT2D eigenvalue weighted by Gasteiger charge is 2.59. The van der Waals surface area contributed by atoms with Crippen LogP contribution in [0.25, 0.3) is 0 Å². The summed E-state index contributed by atoms with van der Waals surface area (Å²) in [7, 11) is 0. The highest BCUT2D eigenvalue weighted by molar-refractivity contribution is 5.75. The number of carbonyl (C=O) groups is 1. The second kappa shape index (κ2) is 7.56. The third-order valence-electron chi connectivity index (χ3n) is 10.0. The lowest BCUT2D eigenvalue weighted by Crippen LogP contribution is -2.50. The smallest absolute Gasteiger partial charge is 0.129 e. The van der Waals surface area contributed by atoms with Crippen LogP contribution in [0.5, 0.6) is 0 Å². The van der Waals surface area contributed by atoms with E-state index in [9.17, 15) is 9.90 Å². The van der Waals surface area contributed by atoms with Gasteiger partial charge in [0, 0.05) is 6.42 Å². The number of aliphatic hydroxyl groups excluding tert-OH is 1. The molecule has 0 aliphatic heterocycles. The van der Waals surface area contributed by atoms with Gasteiger partial charge in [-0.1, -0.05) is 38.8 Å². The van der Waals surface area contributed by atoms with E-state index >= 15 is 0 Å². The van der Waals surface area contributed by atoms with Crippen LogP contribution in [-0.2, 0) is 4.79 Å². The molecule has 1 N–H and O–H groups in total. The molecule has 4 rings (SSSR count). The summed E-state index contributed by atoms with van der Waals surface area (Å²) in [5, 5.41) is 10.2. The molecule has 4 aliphatic carbocycles. The first-order valence-corrected chi connectivity index (χ1v) is 12.1. The molecule has 8 atom stereocenters. The standard InChI is InChI=1S/C26H42O2/c1-17(6-5-7-18(2)27)22-10-11-23-21-9-8-19-16-20(28)12-14-25(19,3)24(21)13-15-26(22,23)4/h8,17,20-24,28H,5-7,9-16H2,1-4H3/t17-,20+,21+,22-,23+,24+,25+,26-/m1/s1. The lowest BCUT2D eigenvalue weighted by Gasteiger charge is -2.58. The van der Waals surface area contributed by atoms with Crippen molar-refractivity contribution in [2.45, 2.75) is 104 Å². The Labute approximate surface area is 172 Å². The summed E-state index contributed by atoms with van der Waals surface area (Å²) < 4.78 is 0. The predicted molar refractivity (Wildman–Crippen MR) is 115 cm³/mol. The first-order chi connectivity index (χ1) is 13.3. The van der Waals surface area contributed by atoms with Gasteiger partial charge < -0.3 is 9.90 Å². The van der Waals surface area contributed by atoms with Gasteiger partial charge in [0.2, 0.25) is 0 Å². The van der Waals surface area contributed by atoms with E-state index in [-0.39, 0.29) is 6.10 Å². The van der Waals surface area contributed by atoms with Crippen LogP contribution in [0.15, 0.2) is 11.6 Å². The van der Waals surface area contributed by atoms with Crippen molar-refractivity contribution in [2.75, 3.05) is 0 Å². The number of carbonyl (C=O) groups excluding carboxylic acids is 1. The van der Waals surface area contributed by atoms with Crippen molar-refractivity contribution < 1.29 is 9.90 Å². The number of hydrogen-bond donors (Lipinski definition) is 1. The Bertz CT molecular complexity index is 636. The molecule has 0 bridgehead atoms. The number of ketones is 1. The SMILES string of the molecule is CC(=O)CCC[C@@H](C)[C@H]1CC[C@H]2[C@@H]3CC=C4C[C@@H](O)CC[C@]4(C)[C@H]3CC[C@]12C. The molecule has 3 fully saturated rings. The Morgan fingerprint density at radius 1 is 1.18 bits per heavy atom. The highest BCUT2D eigenvalue weighted by atomic mass is 16.3. The molecule has 2 heteroatoms. The molecule has 0 saturated heterocycles. The molecule has 0 amide bonds. The molecule has 4 aliphatic rings. The quantitative estimate of drug-likeness (QED) is 0.561. The van der Waals surface area contributed by atoms with Crippen LogP contribution in [0.4, 0.5) is 0 Å². The van der Waals surface area contributed by atoms with E-state index in [1.54, 1.807) is 12.5 Å². The summed E-state index contributed by atoms with van der Waals surface area (Å²) in [6, 6.07) is 0. The first kappa shape index (κ1) is 20.6. The summed E-state index contributed by atoms with van der Waals surface area (Å²) >= 11 is 0. The largest absolute Gasteiger partial charge is 0.393 e. The van der Waals surface area contributed by atoms with Gasteiger partial charge in [0.25, 0.3) is 0 Å². The Kier molecular flexibility index (Phi) is 5.57. The zero-order valence-electron chi connectivity index (χ0n) is 18.7. The maximum atomic E-state index is 11.3. The van der Waals surface area contributed by atoms with Gasteiger partial charge in [-0.25, -0.2) is 0 Å². The summed E-state index contributed by atoms with van der Waals surface area (Å²) in [4.78, 5) is 11.3. The zero-order chi connectivity index (χ0) is 20.1. The Morgan fingerprint density at radius 3 is 2.71 bits per heavy atom. The summed E-state index contributed by atoms with van der Waals surface area (Å²) in [5.74, 6) is 4.52. The fourth-order valence-electron chi connectivity index (χ4n) is 8.49. The Balaban J connectivity index is 1.50. The number of fused-ring (bicyclic) bond motifs is 5. The highest BCUT2D eigenvalue weighted by Crippen LogP contribution is 2.67. The number of hydrogen-bond acceptors (Lipinski definition) is 2. The maximum absolute atomic E-state index is 11.3. The van der Waals surface area contributed by atoms with Gasteiger partial charge in [0.1, 0.15) is 5.78 Å². The van der Waals surface area contributed by atoms with Gasteiger partial charge in [-0.2, -0.15) is 0 Å². The zero-order valence-corrected chi connectivity index (χ0v) is 18.7. The maximum Gasteiger partial charge on any atom is 0.129 e. The van der Waals surface area contributed by atoms with E-state index in [0.717, 1.165) is 55.3 Å². The fraction of sp³-hybridized carbons (Fsp3) is 0.885. The minimum Gasteiger partial charge on any atom is -0.393 e. The molecule has 0 spiro atoms. The number of rotatable bonds is 5. The Hall–Kier alpha value is -0.630. The minimum absolute atomic E-state index is 0.101. The van der Waals surface area contributed by atoms with Crippen LogP contribution in [0.1, 0.15) is 98.3 Å².